The van der Waals surface area contributed by atoms with Crippen molar-refractivity contribution >= 4 is 21.6 Å². The highest BCUT2D eigenvalue weighted by molar-refractivity contribution is 7.92. The van der Waals surface area contributed by atoms with E-state index in [0.29, 0.717) is 29.3 Å². The molecular weight excluding hydrogens is 364 g/mol. The molecule has 2 rings (SSSR count). The molecule has 2 aromatic rings. The molecule has 0 atom stereocenters. The third kappa shape index (κ3) is 5.01. The number of rotatable bonds is 7. The molecule has 0 saturated heterocycles. The van der Waals surface area contributed by atoms with Gasteiger partial charge in [0.15, 0.2) is 0 Å². The third-order valence-electron chi connectivity index (χ3n) is 4.03. The summed E-state index contributed by atoms with van der Waals surface area (Å²) in [4.78, 5) is 12.6. The summed E-state index contributed by atoms with van der Waals surface area (Å²) in [6, 6.07) is 9.90. The lowest BCUT2D eigenvalue weighted by Crippen LogP contribution is -2.28. The van der Waals surface area contributed by atoms with Crippen LogP contribution in [0.1, 0.15) is 35.3 Å². The van der Waals surface area contributed by atoms with E-state index in [1.165, 1.54) is 7.11 Å². The van der Waals surface area contributed by atoms with Crippen LogP contribution in [-0.2, 0) is 10.0 Å². The minimum absolute atomic E-state index is 0.181. The van der Waals surface area contributed by atoms with Crippen molar-refractivity contribution in [2.24, 2.45) is 5.92 Å². The molecule has 0 radical (unpaired) electrons. The van der Waals surface area contributed by atoms with Crippen molar-refractivity contribution in [3.63, 3.8) is 0 Å². The summed E-state index contributed by atoms with van der Waals surface area (Å²) in [6.45, 7) is 7.92. The van der Waals surface area contributed by atoms with Crippen LogP contribution in [0.2, 0.25) is 0 Å². The Kier molecular flexibility index (Phi) is 6.49. The van der Waals surface area contributed by atoms with E-state index in [4.69, 9.17) is 4.74 Å². The molecule has 0 aliphatic rings. The van der Waals surface area contributed by atoms with E-state index in [9.17, 15) is 13.2 Å². The van der Waals surface area contributed by atoms with E-state index in [1.807, 2.05) is 13.8 Å². The predicted octanol–water partition coefficient (Wildman–Crippen LogP) is 3.50. The fraction of sp³-hybridized carbons (Fsp3) is 0.350. The molecule has 0 aromatic heterocycles. The van der Waals surface area contributed by atoms with Gasteiger partial charge in [0.25, 0.3) is 15.9 Å². The van der Waals surface area contributed by atoms with Crippen LogP contribution in [0.4, 0.5) is 5.69 Å². The first kappa shape index (κ1) is 20.8. The number of para-hydroxylation sites is 1. The topological polar surface area (TPSA) is 84.5 Å². The van der Waals surface area contributed by atoms with Gasteiger partial charge in [0.1, 0.15) is 5.75 Å². The van der Waals surface area contributed by atoms with Crippen LogP contribution in [0.15, 0.2) is 41.3 Å². The lowest BCUT2D eigenvalue weighted by atomic mass is 10.1. The van der Waals surface area contributed by atoms with Crippen molar-refractivity contribution in [1.82, 2.24) is 5.32 Å². The molecule has 0 heterocycles. The second kappa shape index (κ2) is 8.43. The molecule has 146 valence electrons. The van der Waals surface area contributed by atoms with E-state index in [1.54, 1.807) is 50.2 Å². The molecular formula is C20H26N2O4S. The summed E-state index contributed by atoms with van der Waals surface area (Å²) >= 11 is 0. The van der Waals surface area contributed by atoms with Gasteiger partial charge < -0.3 is 10.1 Å². The number of methoxy groups -OCH3 is 1. The van der Waals surface area contributed by atoms with E-state index >= 15 is 0 Å². The second-order valence-electron chi connectivity index (χ2n) is 6.85. The molecule has 6 nitrogen and oxygen atoms in total. The number of anilines is 1. The molecule has 0 unspecified atom stereocenters. The molecule has 0 spiro atoms. The maximum Gasteiger partial charge on any atom is 0.262 e. The average Bonchev–Trinajstić information content (AvgIpc) is 2.58. The fourth-order valence-electron chi connectivity index (χ4n) is 2.81. The van der Waals surface area contributed by atoms with Crippen LogP contribution in [0.5, 0.6) is 5.75 Å². The maximum absolute atomic E-state index is 13.0. The van der Waals surface area contributed by atoms with E-state index in [2.05, 4.69) is 10.0 Å². The highest BCUT2D eigenvalue weighted by Crippen LogP contribution is 2.28. The van der Waals surface area contributed by atoms with E-state index in [0.717, 1.165) is 0 Å². The fourth-order valence-corrected chi connectivity index (χ4v) is 4.35. The van der Waals surface area contributed by atoms with Crippen LogP contribution in [0.25, 0.3) is 0 Å². The molecule has 0 aliphatic heterocycles. The number of ether oxygens (including phenoxy) is 1. The van der Waals surface area contributed by atoms with Gasteiger partial charge in [-0.1, -0.05) is 26.0 Å². The van der Waals surface area contributed by atoms with Gasteiger partial charge in [-0.25, -0.2) is 8.42 Å². The molecule has 2 aromatic carbocycles. The summed E-state index contributed by atoms with van der Waals surface area (Å²) in [5.74, 6) is 0.574. The number of benzene rings is 2. The summed E-state index contributed by atoms with van der Waals surface area (Å²) in [5, 5.41) is 2.81. The van der Waals surface area contributed by atoms with E-state index < -0.39 is 10.0 Å². The van der Waals surface area contributed by atoms with Gasteiger partial charge >= 0.3 is 0 Å². The van der Waals surface area contributed by atoms with Crippen LogP contribution >= 0.6 is 0 Å². The number of nitrogens with one attached hydrogen (secondary N) is 2. The van der Waals surface area contributed by atoms with Crippen LogP contribution in [0, 0.1) is 19.8 Å². The van der Waals surface area contributed by atoms with Crippen molar-refractivity contribution in [3.05, 3.63) is 53.1 Å². The quantitative estimate of drug-likeness (QED) is 0.758. The van der Waals surface area contributed by atoms with Gasteiger partial charge in [0.2, 0.25) is 0 Å². The molecule has 2 N–H and O–H groups in total. The SMILES string of the molecule is COc1cc(C)c(S(=O)(=O)Nc2ccccc2C(=O)NCC(C)C)c(C)c1. The lowest BCUT2D eigenvalue weighted by molar-refractivity contribution is 0.0950. The Balaban J connectivity index is 2.38. The summed E-state index contributed by atoms with van der Waals surface area (Å²) < 4.78 is 33.8. The summed E-state index contributed by atoms with van der Waals surface area (Å²) in [6.07, 6.45) is 0. The zero-order chi connectivity index (χ0) is 20.2. The van der Waals surface area contributed by atoms with Gasteiger partial charge in [0.05, 0.1) is 23.3 Å². The molecule has 0 aliphatic carbocycles. The van der Waals surface area contributed by atoms with Crippen LogP contribution < -0.4 is 14.8 Å². The Morgan fingerprint density at radius 3 is 2.26 bits per heavy atom. The minimum Gasteiger partial charge on any atom is -0.497 e. The Morgan fingerprint density at radius 2 is 1.70 bits per heavy atom. The minimum atomic E-state index is -3.87. The van der Waals surface area contributed by atoms with Crippen molar-refractivity contribution in [2.45, 2.75) is 32.6 Å². The van der Waals surface area contributed by atoms with Crippen LogP contribution in [0.3, 0.4) is 0 Å². The Hall–Kier alpha value is -2.54. The maximum atomic E-state index is 13.0. The second-order valence-corrected chi connectivity index (χ2v) is 8.46. The van der Waals surface area contributed by atoms with Gasteiger partial charge in [0, 0.05) is 6.54 Å². The lowest BCUT2D eigenvalue weighted by Gasteiger charge is -2.16. The number of hydrogen-bond donors (Lipinski definition) is 2. The highest BCUT2D eigenvalue weighted by atomic mass is 32.2. The predicted molar refractivity (Wildman–Crippen MR) is 107 cm³/mol. The first-order chi connectivity index (χ1) is 12.7. The number of sulfonamides is 1. The third-order valence-corrected chi connectivity index (χ3v) is 5.70. The standard InChI is InChI=1S/C20H26N2O4S/c1-13(2)12-21-20(23)17-8-6-7-9-18(17)22-27(24,25)19-14(3)10-16(26-5)11-15(19)4/h6-11,13,22H,12H2,1-5H3,(H,21,23). The van der Waals surface area contributed by atoms with Crippen molar-refractivity contribution in [1.29, 1.82) is 0 Å². The number of amides is 1. The number of carbonyl (C=O) groups is 1. The highest BCUT2D eigenvalue weighted by Gasteiger charge is 2.23. The van der Waals surface area contributed by atoms with Crippen LogP contribution in [-0.4, -0.2) is 28.0 Å². The van der Waals surface area contributed by atoms with Crippen molar-refractivity contribution < 1.29 is 17.9 Å². The molecule has 1 amide bonds. The van der Waals surface area contributed by atoms with Crippen molar-refractivity contribution in [3.8, 4) is 5.75 Å². The normalized spacial score (nSPS) is 11.3. The number of aryl methyl sites for hydroxylation is 2. The summed E-state index contributed by atoms with van der Waals surface area (Å²) in [7, 11) is -2.34. The van der Waals surface area contributed by atoms with E-state index in [-0.39, 0.29) is 22.1 Å². The number of hydrogen-bond acceptors (Lipinski definition) is 4. The molecule has 27 heavy (non-hydrogen) atoms. The Morgan fingerprint density at radius 1 is 1.11 bits per heavy atom. The molecule has 0 fully saturated rings. The van der Waals surface area contributed by atoms with Gasteiger partial charge in [-0.2, -0.15) is 0 Å². The van der Waals surface area contributed by atoms with Gasteiger partial charge in [-0.15, -0.1) is 0 Å². The molecule has 0 saturated carbocycles. The Bertz CT molecular complexity index is 914. The monoisotopic (exact) mass is 390 g/mol. The number of carbonyl (C=O) groups excluding carboxylic acids is 1. The van der Waals surface area contributed by atoms with Gasteiger partial charge in [-0.3, -0.25) is 9.52 Å². The molecule has 0 bridgehead atoms. The molecule has 7 heteroatoms. The first-order valence-corrected chi connectivity index (χ1v) is 10.2. The zero-order valence-corrected chi connectivity index (χ0v) is 17.1. The summed E-state index contributed by atoms with van der Waals surface area (Å²) in [5.41, 5.74) is 1.67. The Labute approximate surface area is 161 Å². The van der Waals surface area contributed by atoms with Gasteiger partial charge in [-0.05, 0) is 55.2 Å². The zero-order valence-electron chi connectivity index (χ0n) is 16.3. The average molecular weight is 391 g/mol. The van der Waals surface area contributed by atoms with Crippen molar-refractivity contribution in [2.75, 3.05) is 18.4 Å². The first-order valence-electron chi connectivity index (χ1n) is 8.71. The largest absolute Gasteiger partial charge is 0.497 e. The smallest absolute Gasteiger partial charge is 0.262 e.